The predicted octanol–water partition coefficient (Wildman–Crippen LogP) is 2.79. The summed E-state index contributed by atoms with van der Waals surface area (Å²) < 4.78 is 10.8. The van der Waals surface area contributed by atoms with Gasteiger partial charge in [0.2, 0.25) is 5.91 Å². The Morgan fingerprint density at radius 1 is 1.14 bits per heavy atom. The highest BCUT2D eigenvalue weighted by atomic mass is 16.5. The lowest BCUT2D eigenvalue weighted by Crippen LogP contribution is -2.53. The molecule has 9 nitrogen and oxygen atoms in total. The van der Waals surface area contributed by atoms with E-state index in [9.17, 15) is 14.4 Å². The number of esters is 1. The van der Waals surface area contributed by atoms with E-state index in [1.165, 1.54) is 0 Å². The minimum absolute atomic E-state index is 0.177. The molecule has 1 unspecified atom stereocenters. The Hall–Kier alpha value is -3.07. The SMILES string of the molecule is CCOC(=O)C1=C(CN2CCN(C(=O)CC(C)C)CC2)N(CC)C(=O)NC1c1cccc(OC)c1. The summed E-state index contributed by atoms with van der Waals surface area (Å²) in [5.74, 6) is 0.697. The highest BCUT2D eigenvalue weighted by Gasteiger charge is 2.38. The molecule has 1 saturated heterocycles. The highest BCUT2D eigenvalue weighted by molar-refractivity contribution is 5.95. The third-order valence-corrected chi connectivity index (χ3v) is 6.36. The molecule has 2 aliphatic rings. The molecule has 192 valence electrons. The Kier molecular flexibility index (Phi) is 9.14. The molecule has 2 aliphatic heterocycles. The van der Waals surface area contributed by atoms with Gasteiger partial charge in [-0.3, -0.25) is 14.6 Å². The fraction of sp³-hybridized carbons (Fsp3) is 0.577. The Morgan fingerprint density at radius 2 is 1.86 bits per heavy atom. The van der Waals surface area contributed by atoms with E-state index in [0.717, 1.165) is 5.56 Å². The van der Waals surface area contributed by atoms with E-state index in [0.29, 0.717) is 68.6 Å². The van der Waals surface area contributed by atoms with Gasteiger partial charge >= 0.3 is 12.0 Å². The number of rotatable bonds is 9. The average molecular weight is 487 g/mol. The van der Waals surface area contributed by atoms with Crippen LogP contribution in [0.25, 0.3) is 0 Å². The molecule has 35 heavy (non-hydrogen) atoms. The van der Waals surface area contributed by atoms with Gasteiger partial charge in [0.05, 0.1) is 25.3 Å². The van der Waals surface area contributed by atoms with E-state index in [4.69, 9.17) is 9.47 Å². The van der Waals surface area contributed by atoms with E-state index >= 15 is 0 Å². The average Bonchev–Trinajstić information content (AvgIpc) is 2.84. The fourth-order valence-corrected chi connectivity index (χ4v) is 4.57. The largest absolute Gasteiger partial charge is 0.497 e. The maximum absolute atomic E-state index is 13.2. The van der Waals surface area contributed by atoms with Crippen LogP contribution in [0.5, 0.6) is 5.75 Å². The number of likely N-dealkylation sites (N-methyl/N-ethyl adjacent to an activating group) is 1. The third-order valence-electron chi connectivity index (χ3n) is 6.36. The molecule has 2 heterocycles. The molecular formula is C26H38N4O5. The molecule has 0 aromatic heterocycles. The van der Waals surface area contributed by atoms with Gasteiger partial charge in [-0.15, -0.1) is 0 Å². The third kappa shape index (κ3) is 6.33. The van der Waals surface area contributed by atoms with Crippen molar-refractivity contribution in [2.24, 2.45) is 5.92 Å². The van der Waals surface area contributed by atoms with Crippen LogP contribution in [0.4, 0.5) is 4.79 Å². The molecule has 0 aliphatic carbocycles. The number of nitrogens with one attached hydrogen (secondary N) is 1. The Balaban J connectivity index is 1.92. The smallest absolute Gasteiger partial charge is 0.338 e. The number of hydrogen-bond donors (Lipinski definition) is 1. The quantitative estimate of drug-likeness (QED) is 0.540. The van der Waals surface area contributed by atoms with Gasteiger partial charge in [0.25, 0.3) is 0 Å². The van der Waals surface area contributed by atoms with Crippen molar-refractivity contribution in [3.8, 4) is 5.75 Å². The molecule has 1 atom stereocenters. The molecular weight excluding hydrogens is 448 g/mol. The number of amides is 3. The van der Waals surface area contributed by atoms with Crippen molar-refractivity contribution in [1.82, 2.24) is 20.0 Å². The number of carbonyl (C=O) groups excluding carboxylic acids is 3. The molecule has 3 amide bonds. The first-order valence-electron chi connectivity index (χ1n) is 12.4. The maximum atomic E-state index is 13.2. The van der Waals surface area contributed by atoms with Gasteiger partial charge in [-0.1, -0.05) is 26.0 Å². The summed E-state index contributed by atoms with van der Waals surface area (Å²) in [6.45, 7) is 11.4. The van der Waals surface area contributed by atoms with Crippen LogP contribution in [0.3, 0.4) is 0 Å². The van der Waals surface area contributed by atoms with Crippen LogP contribution in [0.1, 0.15) is 45.7 Å². The highest BCUT2D eigenvalue weighted by Crippen LogP contribution is 2.33. The fourth-order valence-electron chi connectivity index (χ4n) is 4.57. The van der Waals surface area contributed by atoms with Gasteiger partial charge in [-0.05, 0) is 37.5 Å². The van der Waals surface area contributed by atoms with Crippen LogP contribution in [0.2, 0.25) is 0 Å². The van der Waals surface area contributed by atoms with Crippen molar-refractivity contribution in [3.63, 3.8) is 0 Å². The zero-order valence-corrected chi connectivity index (χ0v) is 21.5. The summed E-state index contributed by atoms with van der Waals surface area (Å²) in [5, 5.41) is 2.98. The predicted molar refractivity (Wildman–Crippen MR) is 133 cm³/mol. The second-order valence-corrected chi connectivity index (χ2v) is 9.24. The van der Waals surface area contributed by atoms with Crippen molar-refractivity contribution in [2.75, 3.05) is 53.0 Å². The number of urea groups is 1. The van der Waals surface area contributed by atoms with E-state index in [2.05, 4.69) is 10.2 Å². The minimum atomic E-state index is -0.650. The molecule has 0 spiro atoms. The number of carbonyl (C=O) groups is 3. The second-order valence-electron chi connectivity index (χ2n) is 9.24. The number of nitrogens with zero attached hydrogens (tertiary/aromatic N) is 3. The van der Waals surface area contributed by atoms with Crippen molar-refractivity contribution in [1.29, 1.82) is 0 Å². The standard InChI is InChI=1S/C26H38N4O5/c1-6-30-21(17-28-11-13-29(14-12-28)22(31)15-18(3)4)23(25(32)35-7-2)24(27-26(30)33)19-9-8-10-20(16-19)34-5/h8-10,16,18,24H,6-7,11-15,17H2,1-5H3,(H,27,33). The van der Waals surface area contributed by atoms with Gasteiger partial charge in [0, 0.05) is 51.4 Å². The Bertz CT molecular complexity index is 953. The Labute approximate surface area is 208 Å². The van der Waals surface area contributed by atoms with Crippen molar-refractivity contribution in [3.05, 3.63) is 41.1 Å². The molecule has 0 bridgehead atoms. The van der Waals surface area contributed by atoms with Gasteiger partial charge in [0.15, 0.2) is 0 Å². The summed E-state index contributed by atoms with van der Waals surface area (Å²) in [6.07, 6.45) is 0.546. The number of methoxy groups -OCH3 is 1. The first-order valence-corrected chi connectivity index (χ1v) is 12.4. The first kappa shape index (κ1) is 26.5. The van der Waals surface area contributed by atoms with E-state index < -0.39 is 12.0 Å². The zero-order valence-electron chi connectivity index (χ0n) is 21.5. The van der Waals surface area contributed by atoms with Crippen molar-refractivity contribution < 1.29 is 23.9 Å². The number of piperazine rings is 1. The minimum Gasteiger partial charge on any atom is -0.497 e. The first-order chi connectivity index (χ1) is 16.8. The summed E-state index contributed by atoms with van der Waals surface area (Å²) >= 11 is 0. The van der Waals surface area contributed by atoms with Gasteiger partial charge < -0.3 is 19.7 Å². The van der Waals surface area contributed by atoms with Crippen LogP contribution in [-0.4, -0.2) is 85.6 Å². The molecule has 0 radical (unpaired) electrons. The van der Waals surface area contributed by atoms with Crippen LogP contribution >= 0.6 is 0 Å². The summed E-state index contributed by atoms with van der Waals surface area (Å²) in [5.41, 5.74) is 1.82. The van der Waals surface area contributed by atoms with Crippen LogP contribution in [0, 0.1) is 5.92 Å². The van der Waals surface area contributed by atoms with E-state index in [1.54, 1.807) is 18.9 Å². The van der Waals surface area contributed by atoms with Crippen LogP contribution in [-0.2, 0) is 14.3 Å². The molecule has 9 heteroatoms. The maximum Gasteiger partial charge on any atom is 0.338 e. The lowest BCUT2D eigenvalue weighted by atomic mass is 9.94. The van der Waals surface area contributed by atoms with Gasteiger partial charge in [0.1, 0.15) is 5.75 Å². The van der Waals surface area contributed by atoms with Crippen LogP contribution < -0.4 is 10.1 Å². The number of benzene rings is 1. The molecule has 0 saturated carbocycles. The van der Waals surface area contributed by atoms with Crippen molar-refractivity contribution >= 4 is 17.9 Å². The van der Waals surface area contributed by atoms with E-state index in [1.807, 2.05) is 49.9 Å². The lowest BCUT2D eigenvalue weighted by molar-refractivity contribution is -0.139. The monoisotopic (exact) mass is 486 g/mol. The van der Waals surface area contributed by atoms with Crippen molar-refractivity contribution in [2.45, 2.75) is 40.2 Å². The number of hydrogen-bond acceptors (Lipinski definition) is 6. The van der Waals surface area contributed by atoms with E-state index in [-0.39, 0.29) is 18.5 Å². The summed E-state index contributed by atoms with van der Waals surface area (Å²) in [6, 6.07) is 6.44. The summed E-state index contributed by atoms with van der Waals surface area (Å²) in [4.78, 5) is 44.5. The normalized spacial score (nSPS) is 19.1. The molecule has 3 rings (SSSR count). The number of ether oxygens (including phenoxy) is 2. The zero-order chi connectivity index (χ0) is 25.5. The molecule has 1 N–H and O–H groups in total. The summed E-state index contributed by atoms with van der Waals surface area (Å²) in [7, 11) is 1.58. The van der Waals surface area contributed by atoms with Gasteiger partial charge in [-0.2, -0.15) is 0 Å². The van der Waals surface area contributed by atoms with Crippen LogP contribution in [0.15, 0.2) is 35.5 Å². The lowest BCUT2D eigenvalue weighted by Gasteiger charge is -2.40. The Morgan fingerprint density at radius 3 is 2.46 bits per heavy atom. The van der Waals surface area contributed by atoms with Gasteiger partial charge in [-0.25, -0.2) is 9.59 Å². The topological polar surface area (TPSA) is 91.4 Å². The molecule has 1 fully saturated rings. The molecule has 1 aromatic rings. The second kappa shape index (κ2) is 12.1. The molecule has 1 aromatic carbocycles.